The summed E-state index contributed by atoms with van der Waals surface area (Å²) in [4.78, 5) is 23.6. The van der Waals surface area contributed by atoms with E-state index in [1.165, 1.54) is 6.33 Å². The topological polar surface area (TPSA) is 102 Å². The highest BCUT2D eigenvalue weighted by atomic mass is 16.2. The minimum absolute atomic E-state index is 0.0248. The smallest absolute Gasteiger partial charge is 0.228 e. The molecule has 9 heteroatoms. The van der Waals surface area contributed by atoms with Crippen molar-refractivity contribution in [3.8, 4) is 17.1 Å². The number of nitrogens with zero attached hydrogens (tertiary/aromatic N) is 7. The molecule has 4 aromatic rings. The van der Waals surface area contributed by atoms with Crippen LogP contribution in [0.1, 0.15) is 24.2 Å². The second-order valence-corrected chi connectivity index (χ2v) is 8.49. The maximum atomic E-state index is 12.9. The van der Waals surface area contributed by atoms with Crippen LogP contribution in [0.5, 0.6) is 0 Å². The highest BCUT2D eigenvalue weighted by molar-refractivity contribution is 5.92. The molecular formula is C25H26N8O. The quantitative estimate of drug-likeness (QED) is 0.492. The molecule has 34 heavy (non-hydrogen) atoms. The van der Waals surface area contributed by atoms with Crippen LogP contribution in [0.4, 0.5) is 11.6 Å². The molecule has 0 spiro atoms. The first-order valence-corrected chi connectivity index (χ1v) is 11.4. The third-order valence-electron chi connectivity index (χ3n) is 6.04. The Hall–Kier alpha value is -4.14. The number of nitrogens with one attached hydrogen (secondary N) is 1. The van der Waals surface area contributed by atoms with E-state index in [1.807, 2.05) is 62.4 Å². The molecule has 3 aromatic heterocycles. The fourth-order valence-electron chi connectivity index (χ4n) is 4.25. The van der Waals surface area contributed by atoms with Crippen molar-refractivity contribution in [2.24, 2.45) is 5.92 Å². The van der Waals surface area contributed by atoms with E-state index >= 15 is 0 Å². The van der Waals surface area contributed by atoms with Gasteiger partial charge in [-0.25, -0.2) is 14.6 Å². The monoisotopic (exact) mass is 454 g/mol. The predicted octanol–water partition coefficient (Wildman–Crippen LogP) is 3.59. The second kappa shape index (κ2) is 9.38. The Morgan fingerprint density at radius 2 is 1.74 bits per heavy atom. The number of amides is 1. The summed E-state index contributed by atoms with van der Waals surface area (Å²) >= 11 is 0. The maximum absolute atomic E-state index is 12.9. The molecule has 1 fully saturated rings. The van der Waals surface area contributed by atoms with Crippen molar-refractivity contribution < 1.29 is 4.79 Å². The molecule has 5 rings (SSSR count). The fourth-order valence-corrected chi connectivity index (χ4v) is 4.25. The zero-order valence-electron chi connectivity index (χ0n) is 19.2. The van der Waals surface area contributed by atoms with E-state index in [0.29, 0.717) is 11.6 Å². The van der Waals surface area contributed by atoms with E-state index in [2.05, 4.69) is 35.5 Å². The molecule has 9 nitrogen and oxygen atoms in total. The largest absolute Gasteiger partial charge is 0.355 e. The molecule has 0 aliphatic carbocycles. The lowest BCUT2D eigenvalue weighted by Gasteiger charge is -2.31. The van der Waals surface area contributed by atoms with Gasteiger partial charge >= 0.3 is 0 Å². The highest BCUT2D eigenvalue weighted by Crippen LogP contribution is 2.24. The van der Waals surface area contributed by atoms with E-state index in [9.17, 15) is 4.79 Å². The zero-order valence-corrected chi connectivity index (χ0v) is 19.2. The number of hydrogen-bond acceptors (Lipinski definition) is 7. The molecule has 0 saturated carbocycles. The van der Waals surface area contributed by atoms with Gasteiger partial charge < -0.3 is 10.2 Å². The number of hydrogen-bond donors (Lipinski definition) is 1. The van der Waals surface area contributed by atoms with E-state index in [4.69, 9.17) is 0 Å². The lowest BCUT2D eigenvalue weighted by atomic mass is 9.96. The molecule has 1 aromatic carbocycles. The van der Waals surface area contributed by atoms with Crippen LogP contribution in [0.15, 0.2) is 60.9 Å². The van der Waals surface area contributed by atoms with Crippen molar-refractivity contribution in [1.29, 1.82) is 0 Å². The lowest BCUT2D eigenvalue weighted by molar-refractivity contribution is -0.120. The molecule has 0 bridgehead atoms. The van der Waals surface area contributed by atoms with Crippen LogP contribution in [0.25, 0.3) is 17.1 Å². The molecule has 1 amide bonds. The van der Waals surface area contributed by atoms with Crippen molar-refractivity contribution in [2.75, 3.05) is 23.3 Å². The summed E-state index contributed by atoms with van der Waals surface area (Å²) in [6.07, 6.45) is 2.93. The highest BCUT2D eigenvalue weighted by Gasteiger charge is 2.26. The van der Waals surface area contributed by atoms with Crippen molar-refractivity contribution in [3.05, 3.63) is 72.3 Å². The first kappa shape index (κ1) is 21.7. The number of anilines is 2. The average molecular weight is 455 g/mol. The molecule has 0 unspecified atom stereocenters. The summed E-state index contributed by atoms with van der Waals surface area (Å²) in [5.74, 6) is 1.84. The Kier molecular flexibility index (Phi) is 5.99. The summed E-state index contributed by atoms with van der Waals surface area (Å²) in [6, 6.07) is 17.7. The van der Waals surface area contributed by atoms with E-state index < -0.39 is 0 Å². The Morgan fingerprint density at radius 1 is 0.941 bits per heavy atom. The minimum atomic E-state index is -0.0834. The number of aromatic nitrogens is 6. The second-order valence-electron chi connectivity index (χ2n) is 8.49. The molecule has 172 valence electrons. The Bertz CT molecular complexity index is 1280. The SMILES string of the molecule is Cc1cc(C)n(-c2cc(NC(=O)C3CCN(c4ccc(-c5ccccc5)nn4)CC3)ncn2)n1. The number of rotatable bonds is 5. The standard InChI is InChI=1S/C25H26N8O/c1-17-14-18(2)33(31-17)24-15-22(26-16-27-24)28-25(34)20-10-12-32(13-11-20)23-9-8-21(29-30-23)19-6-4-3-5-7-19/h3-9,14-16,20H,10-13H2,1-2H3,(H,26,27,28,34). The third kappa shape index (κ3) is 4.63. The van der Waals surface area contributed by atoms with Gasteiger partial charge in [0.15, 0.2) is 11.6 Å². The van der Waals surface area contributed by atoms with Gasteiger partial charge in [0.05, 0.1) is 11.4 Å². The summed E-state index contributed by atoms with van der Waals surface area (Å²) in [5.41, 5.74) is 3.78. The number of carbonyl (C=O) groups excluding carboxylic acids is 1. The van der Waals surface area contributed by atoms with Gasteiger partial charge in [0, 0.05) is 36.3 Å². The van der Waals surface area contributed by atoms with Gasteiger partial charge in [-0.2, -0.15) is 5.10 Å². The minimum Gasteiger partial charge on any atom is -0.355 e. The van der Waals surface area contributed by atoms with Gasteiger partial charge in [-0.05, 0) is 44.9 Å². The van der Waals surface area contributed by atoms with Crippen molar-refractivity contribution in [3.63, 3.8) is 0 Å². The Labute approximate surface area is 197 Å². The average Bonchev–Trinajstić information content (AvgIpc) is 3.22. The molecule has 1 aliphatic heterocycles. The number of carbonyl (C=O) groups is 1. The molecule has 1 aliphatic rings. The molecule has 1 saturated heterocycles. The van der Waals surface area contributed by atoms with Gasteiger partial charge in [0.25, 0.3) is 0 Å². The van der Waals surface area contributed by atoms with Crippen LogP contribution in [-0.4, -0.2) is 48.9 Å². The summed E-state index contributed by atoms with van der Waals surface area (Å²) in [5, 5.41) is 16.2. The third-order valence-corrected chi connectivity index (χ3v) is 6.04. The molecule has 0 radical (unpaired) electrons. The molecule has 0 atom stereocenters. The number of benzene rings is 1. The molecule has 4 heterocycles. The first-order chi connectivity index (χ1) is 16.6. The number of aryl methyl sites for hydroxylation is 2. The van der Waals surface area contributed by atoms with Crippen molar-refractivity contribution >= 4 is 17.5 Å². The van der Waals surface area contributed by atoms with Crippen molar-refractivity contribution in [2.45, 2.75) is 26.7 Å². The normalized spacial score (nSPS) is 14.2. The Balaban J connectivity index is 1.19. The van der Waals surface area contributed by atoms with Gasteiger partial charge in [0.1, 0.15) is 12.1 Å². The van der Waals surface area contributed by atoms with Crippen LogP contribution in [0.2, 0.25) is 0 Å². The predicted molar refractivity (Wildman–Crippen MR) is 130 cm³/mol. The van der Waals surface area contributed by atoms with E-state index in [-0.39, 0.29) is 11.8 Å². The molecular weight excluding hydrogens is 428 g/mol. The van der Waals surface area contributed by atoms with Crippen LogP contribution < -0.4 is 10.2 Å². The maximum Gasteiger partial charge on any atom is 0.228 e. The first-order valence-electron chi connectivity index (χ1n) is 11.4. The van der Waals surface area contributed by atoms with Crippen molar-refractivity contribution in [1.82, 2.24) is 29.9 Å². The molecule has 1 N–H and O–H groups in total. The van der Waals surface area contributed by atoms with Crippen LogP contribution in [0.3, 0.4) is 0 Å². The van der Waals surface area contributed by atoms with E-state index in [1.54, 1.807) is 10.7 Å². The van der Waals surface area contributed by atoms with Gasteiger partial charge in [0.2, 0.25) is 5.91 Å². The Morgan fingerprint density at radius 3 is 2.41 bits per heavy atom. The lowest BCUT2D eigenvalue weighted by Crippen LogP contribution is -2.38. The van der Waals surface area contributed by atoms with Gasteiger partial charge in [-0.1, -0.05) is 30.3 Å². The van der Waals surface area contributed by atoms with Crippen LogP contribution in [0, 0.1) is 19.8 Å². The summed E-state index contributed by atoms with van der Waals surface area (Å²) in [6.45, 7) is 5.40. The van der Waals surface area contributed by atoms with Crippen LogP contribution >= 0.6 is 0 Å². The zero-order chi connectivity index (χ0) is 23.5. The van der Waals surface area contributed by atoms with E-state index in [0.717, 1.165) is 54.4 Å². The van der Waals surface area contributed by atoms with Gasteiger partial charge in [-0.3, -0.25) is 4.79 Å². The number of piperidine rings is 1. The summed E-state index contributed by atoms with van der Waals surface area (Å²) < 4.78 is 1.75. The van der Waals surface area contributed by atoms with Gasteiger partial charge in [-0.15, -0.1) is 10.2 Å². The fraction of sp³-hybridized carbons (Fsp3) is 0.280. The summed E-state index contributed by atoms with van der Waals surface area (Å²) in [7, 11) is 0. The van der Waals surface area contributed by atoms with Crippen LogP contribution in [-0.2, 0) is 4.79 Å².